The maximum Gasteiger partial charge on any atom is 0.248 e. The molecule has 0 bridgehead atoms. The highest BCUT2D eigenvalue weighted by Crippen LogP contribution is 2.27. The van der Waals surface area contributed by atoms with E-state index in [1.807, 2.05) is 27.7 Å². The zero-order chi connectivity index (χ0) is 25.0. The van der Waals surface area contributed by atoms with E-state index in [0.717, 1.165) is 11.3 Å². The second-order valence-corrected chi connectivity index (χ2v) is 9.25. The van der Waals surface area contributed by atoms with Gasteiger partial charge in [-0.3, -0.25) is 9.59 Å². The Kier molecular flexibility index (Phi) is 7.94. The third kappa shape index (κ3) is 5.39. The summed E-state index contributed by atoms with van der Waals surface area (Å²) in [5, 5.41) is 21.5. The van der Waals surface area contributed by atoms with Crippen LogP contribution in [0.25, 0.3) is 0 Å². The predicted molar refractivity (Wildman–Crippen MR) is 127 cm³/mol. The number of ether oxygens (including phenoxy) is 1. The van der Waals surface area contributed by atoms with Crippen LogP contribution >= 0.6 is 0 Å². The number of aliphatic hydroxyl groups is 1. The monoisotopic (exact) mass is 467 g/mol. The lowest BCUT2D eigenvalue weighted by molar-refractivity contribution is -0.142. The first-order chi connectivity index (χ1) is 16.2. The molecule has 34 heavy (non-hydrogen) atoms. The number of aliphatic hydroxyl groups excluding tert-OH is 1. The van der Waals surface area contributed by atoms with Crippen molar-refractivity contribution in [1.29, 1.82) is 0 Å². The molecule has 3 atom stereocenters. The fourth-order valence-corrected chi connectivity index (χ4v) is 4.15. The first-order valence-corrected chi connectivity index (χ1v) is 11.5. The van der Waals surface area contributed by atoms with Crippen molar-refractivity contribution >= 4 is 11.8 Å². The van der Waals surface area contributed by atoms with Gasteiger partial charge in [-0.2, -0.15) is 0 Å². The van der Waals surface area contributed by atoms with Crippen LogP contribution in [0.1, 0.15) is 62.9 Å². The molecule has 9 nitrogen and oxygen atoms in total. The average Bonchev–Trinajstić information content (AvgIpc) is 3.44. The minimum atomic E-state index is -0.784. The fourth-order valence-electron chi connectivity index (χ4n) is 4.15. The van der Waals surface area contributed by atoms with Crippen LogP contribution in [0.15, 0.2) is 24.4 Å². The van der Waals surface area contributed by atoms with Crippen molar-refractivity contribution in [3.63, 3.8) is 0 Å². The number of carbonyl (C=O) groups excluding carboxylic acids is 2. The molecule has 0 radical (unpaired) electrons. The van der Waals surface area contributed by atoms with Gasteiger partial charge in [0, 0.05) is 36.8 Å². The number of benzene rings is 1. The van der Waals surface area contributed by atoms with E-state index >= 15 is 0 Å². The van der Waals surface area contributed by atoms with E-state index in [4.69, 9.17) is 11.2 Å². The van der Waals surface area contributed by atoms with Crippen LogP contribution in [0, 0.1) is 18.3 Å². The number of likely N-dealkylation sites (tertiary alicyclic amines) is 1. The van der Waals surface area contributed by atoms with Crippen molar-refractivity contribution in [2.24, 2.45) is 5.92 Å². The molecule has 1 fully saturated rings. The molecule has 182 valence electrons. The third-order valence-electron chi connectivity index (χ3n) is 6.06. The largest absolute Gasteiger partial charge is 0.496 e. The van der Waals surface area contributed by atoms with Crippen molar-refractivity contribution in [1.82, 2.24) is 25.2 Å². The molecule has 1 aromatic carbocycles. The van der Waals surface area contributed by atoms with E-state index in [1.165, 1.54) is 12.0 Å². The summed E-state index contributed by atoms with van der Waals surface area (Å²) in [7, 11) is 1.54. The summed E-state index contributed by atoms with van der Waals surface area (Å²) in [5.41, 5.74) is 2.23. The normalized spacial score (nSPS) is 18.7. The van der Waals surface area contributed by atoms with Crippen LogP contribution in [0.5, 0.6) is 5.75 Å². The Bertz CT molecular complexity index is 1070. The highest BCUT2D eigenvalue weighted by molar-refractivity contribution is 5.90. The second kappa shape index (κ2) is 10.7. The molecule has 2 N–H and O–H groups in total. The Morgan fingerprint density at radius 3 is 2.65 bits per heavy atom. The summed E-state index contributed by atoms with van der Waals surface area (Å²) in [6.07, 6.45) is 6.61. The van der Waals surface area contributed by atoms with Crippen LogP contribution in [0.4, 0.5) is 0 Å². The Labute approximate surface area is 200 Å². The smallest absolute Gasteiger partial charge is 0.248 e. The molecular weight excluding hydrogens is 434 g/mol. The van der Waals surface area contributed by atoms with Gasteiger partial charge in [0.15, 0.2) is 0 Å². The highest BCUT2D eigenvalue weighted by Gasteiger charge is 2.42. The standard InChI is InChI=1S/C25H33N5O4/c1-7-17-8-9-18(22(10-17)34-6)12-26-24(32)21-11-19(31)13-29(21)25(33)23(16(4)5)30-14-20(15(2)3)27-28-30/h1,8-10,14-16,19,21,23,31H,11-13H2,2-6H3,(H,26,32)/t19-,21+,23+/m1/s1. The van der Waals surface area contributed by atoms with Gasteiger partial charge in [-0.1, -0.05) is 44.9 Å². The number of terminal acetylenes is 1. The molecule has 1 aromatic heterocycles. The quantitative estimate of drug-likeness (QED) is 0.574. The van der Waals surface area contributed by atoms with Crippen LogP contribution in [-0.4, -0.2) is 62.6 Å². The maximum absolute atomic E-state index is 13.6. The van der Waals surface area contributed by atoms with Gasteiger partial charge in [-0.15, -0.1) is 11.5 Å². The number of hydrogen-bond donors (Lipinski definition) is 2. The molecule has 9 heteroatoms. The van der Waals surface area contributed by atoms with Gasteiger partial charge >= 0.3 is 0 Å². The van der Waals surface area contributed by atoms with E-state index in [-0.39, 0.29) is 43.2 Å². The van der Waals surface area contributed by atoms with Crippen molar-refractivity contribution in [2.75, 3.05) is 13.7 Å². The number of hydrogen-bond acceptors (Lipinski definition) is 6. The Morgan fingerprint density at radius 2 is 2.06 bits per heavy atom. The third-order valence-corrected chi connectivity index (χ3v) is 6.06. The van der Waals surface area contributed by atoms with Gasteiger partial charge in [-0.05, 0) is 24.0 Å². The minimum absolute atomic E-state index is 0.0883. The zero-order valence-electron chi connectivity index (χ0n) is 20.4. The van der Waals surface area contributed by atoms with Gasteiger partial charge in [0.25, 0.3) is 0 Å². The maximum atomic E-state index is 13.6. The number of methoxy groups -OCH3 is 1. The second-order valence-electron chi connectivity index (χ2n) is 9.25. The molecule has 0 saturated carbocycles. The van der Waals surface area contributed by atoms with E-state index in [2.05, 4.69) is 21.5 Å². The van der Waals surface area contributed by atoms with Crippen molar-refractivity contribution in [3.8, 4) is 18.1 Å². The van der Waals surface area contributed by atoms with Gasteiger partial charge in [0.2, 0.25) is 11.8 Å². The number of rotatable bonds is 8. The molecule has 3 rings (SSSR count). The Morgan fingerprint density at radius 1 is 1.32 bits per heavy atom. The Balaban J connectivity index is 1.77. The molecule has 0 spiro atoms. The zero-order valence-corrected chi connectivity index (χ0v) is 20.4. The molecule has 0 unspecified atom stereocenters. The minimum Gasteiger partial charge on any atom is -0.496 e. The van der Waals surface area contributed by atoms with Gasteiger partial charge in [-0.25, -0.2) is 4.68 Å². The van der Waals surface area contributed by atoms with Crippen LogP contribution in [0.2, 0.25) is 0 Å². The van der Waals surface area contributed by atoms with E-state index < -0.39 is 18.2 Å². The number of aromatic nitrogens is 3. The molecule has 1 aliphatic rings. The summed E-state index contributed by atoms with van der Waals surface area (Å²) in [4.78, 5) is 28.1. The van der Waals surface area contributed by atoms with Crippen LogP contribution < -0.4 is 10.1 Å². The first kappa shape index (κ1) is 25.2. The first-order valence-electron chi connectivity index (χ1n) is 11.5. The fraction of sp³-hybridized carbons (Fsp3) is 0.520. The van der Waals surface area contributed by atoms with Gasteiger partial charge < -0.3 is 20.1 Å². The number of amides is 2. The number of nitrogens with one attached hydrogen (secondary N) is 1. The summed E-state index contributed by atoms with van der Waals surface area (Å²) in [6.45, 7) is 8.15. The molecule has 2 amide bonds. The lowest BCUT2D eigenvalue weighted by atomic mass is 10.0. The molecule has 1 aliphatic heterocycles. The number of nitrogens with zero attached hydrogens (tertiary/aromatic N) is 4. The highest BCUT2D eigenvalue weighted by atomic mass is 16.5. The molecule has 1 saturated heterocycles. The molecular formula is C25H33N5O4. The number of carbonyl (C=O) groups is 2. The number of β-amino-alcohol motifs (C(OH)–C–C–N with tert-alkyl or cyclic N) is 1. The molecule has 0 aliphatic carbocycles. The lowest BCUT2D eigenvalue weighted by Crippen LogP contribution is -2.49. The van der Waals surface area contributed by atoms with Crippen LogP contribution in [0.3, 0.4) is 0 Å². The Hall–Kier alpha value is -3.38. The summed E-state index contributed by atoms with van der Waals surface area (Å²) in [5.74, 6) is 2.61. The van der Waals surface area contributed by atoms with Crippen molar-refractivity contribution < 1.29 is 19.4 Å². The van der Waals surface area contributed by atoms with Crippen LogP contribution in [-0.2, 0) is 16.1 Å². The molecule has 2 aromatic rings. The molecule has 2 heterocycles. The van der Waals surface area contributed by atoms with E-state index in [0.29, 0.717) is 11.3 Å². The predicted octanol–water partition coefficient (Wildman–Crippen LogP) is 1.87. The van der Waals surface area contributed by atoms with E-state index in [9.17, 15) is 14.7 Å². The van der Waals surface area contributed by atoms with Gasteiger partial charge in [0.1, 0.15) is 17.8 Å². The lowest BCUT2D eigenvalue weighted by Gasteiger charge is -2.29. The van der Waals surface area contributed by atoms with Crippen molar-refractivity contribution in [3.05, 3.63) is 41.2 Å². The summed E-state index contributed by atoms with van der Waals surface area (Å²) in [6, 6.07) is 3.89. The summed E-state index contributed by atoms with van der Waals surface area (Å²) >= 11 is 0. The van der Waals surface area contributed by atoms with Gasteiger partial charge in [0.05, 0.1) is 18.9 Å². The van der Waals surface area contributed by atoms with Crippen molar-refractivity contribution in [2.45, 2.75) is 64.8 Å². The SMILES string of the molecule is C#Cc1ccc(CNC(=O)[C@@H]2C[C@@H](O)CN2C(=O)[C@H](C(C)C)n2cc(C(C)C)nn2)c(OC)c1. The van der Waals surface area contributed by atoms with E-state index in [1.54, 1.807) is 29.1 Å². The summed E-state index contributed by atoms with van der Waals surface area (Å²) < 4.78 is 6.95. The topological polar surface area (TPSA) is 110 Å². The average molecular weight is 468 g/mol.